The summed E-state index contributed by atoms with van der Waals surface area (Å²) in [5.41, 5.74) is 3.74. The maximum Gasteiger partial charge on any atom is 0.281 e. The highest BCUT2D eigenvalue weighted by molar-refractivity contribution is 7.86. The van der Waals surface area contributed by atoms with Crippen molar-refractivity contribution < 1.29 is 12.8 Å². The first-order chi connectivity index (χ1) is 14.8. The van der Waals surface area contributed by atoms with Crippen molar-refractivity contribution in [2.45, 2.75) is 18.9 Å². The SMILES string of the molecule is CN(C)S(=O)(=O)N1CC[C@H](c2[nH]ncc2-c2ccnc(NCc3ccc(F)cc3)c2)C1. The summed E-state index contributed by atoms with van der Waals surface area (Å²) in [7, 11) is -0.346. The number of H-pyrrole nitrogens is 1. The van der Waals surface area contributed by atoms with Crippen molar-refractivity contribution in [2.24, 2.45) is 0 Å². The first-order valence-electron chi connectivity index (χ1n) is 10.00. The lowest BCUT2D eigenvalue weighted by Gasteiger charge is -2.20. The van der Waals surface area contributed by atoms with E-state index in [9.17, 15) is 12.8 Å². The summed E-state index contributed by atoms with van der Waals surface area (Å²) in [6.07, 6.45) is 4.21. The minimum absolute atomic E-state index is 0.0380. The molecule has 2 aromatic heterocycles. The quantitative estimate of drug-likeness (QED) is 0.584. The zero-order valence-electron chi connectivity index (χ0n) is 17.4. The molecule has 0 radical (unpaired) electrons. The van der Waals surface area contributed by atoms with Gasteiger partial charge in [-0.1, -0.05) is 12.1 Å². The number of benzene rings is 1. The first kappa shape index (κ1) is 21.4. The van der Waals surface area contributed by atoms with E-state index >= 15 is 0 Å². The van der Waals surface area contributed by atoms with Gasteiger partial charge in [-0.15, -0.1) is 0 Å². The number of halogens is 1. The maximum atomic E-state index is 13.1. The van der Waals surface area contributed by atoms with Gasteiger partial charge in [-0.25, -0.2) is 9.37 Å². The van der Waals surface area contributed by atoms with Crippen LogP contribution in [0, 0.1) is 5.82 Å². The zero-order valence-corrected chi connectivity index (χ0v) is 18.2. The molecule has 8 nitrogen and oxygen atoms in total. The predicted octanol–water partition coefficient (Wildman–Crippen LogP) is 2.82. The summed E-state index contributed by atoms with van der Waals surface area (Å²) in [5, 5.41) is 10.5. The van der Waals surface area contributed by atoms with E-state index < -0.39 is 10.2 Å². The molecule has 1 atom stereocenters. The molecule has 0 aliphatic carbocycles. The number of pyridine rings is 1. The number of anilines is 1. The molecule has 2 N–H and O–H groups in total. The molecule has 0 spiro atoms. The molecular formula is C21H25FN6O2S. The number of aromatic amines is 1. The van der Waals surface area contributed by atoms with Crippen molar-refractivity contribution in [3.63, 3.8) is 0 Å². The van der Waals surface area contributed by atoms with Gasteiger partial charge in [0, 0.05) is 57.1 Å². The number of nitrogens with zero attached hydrogens (tertiary/aromatic N) is 4. The molecule has 4 rings (SSSR count). The molecule has 0 amide bonds. The minimum atomic E-state index is -3.43. The third-order valence-corrected chi connectivity index (χ3v) is 7.38. The van der Waals surface area contributed by atoms with Crippen molar-refractivity contribution in [1.29, 1.82) is 0 Å². The lowest BCUT2D eigenvalue weighted by atomic mass is 9.97. The van der Waals surface area contributed by atoms with Gasteiger partial charge in [0.25, 0.3) is 10.2 Å². The molecule has 1 aliphatic rings. The highest BCUT2D eigenvalue weighted by Crippen LogP contribution is 2.34. The van der Waals surface area contributed by atoms with Crippen LogP contribution in [0.4, 0.5) is 10.2 Å². The molecule has 31 heavy (non-hydrogen) atoms. The van der Waals surface area contributed by atoms with Crippen LogP contribution in [0.25, 0.3) is 11.1 Å². The average molecular weight is 445 g/mol. The Labute approximate surface area is 181 Å². The van der Waals surface area contributed by atoms with Crippen LogP contribution in [0.1, 0.15) is 23.6 Å². The highest BCUT2D eigenvalue weighted by atomic mass is 32.2. The van der Waals surface area contributed by atoms with Gasteiger partial charge in [0.2, 0.25) is 0 Å². The standard InChI is InChI=1S/C21H25FN6O2S/c1-27(2)31(29,30)28-10-8-17(14-28)21-19(13-25-26-21)16-7-9-23-20(11-16)24-12-15-3-5-18(22)6-4-15/h3-7,9,11,13,17H,8,10,12,14H2,1-2H3,(H,23,24)(H,25,26)/t17-/m0/s1. The Morgan fingerprint density at radius 2 is 2.03 bits per heavy atom. The summed E-state index contributed by atoms with van der Waals surface area (Å²) >= 11 is 0. The van der Waals surface area contributed by atoms with E-state index in [0.717, 1.165) is 28.8 Å². The van der Waals surface area contributed by atoms with Crippen LogP contribution in [-0.2, 0) is 16.8 Å². The maximum absolute atomic E-state index is 13.1. The third kappa shape index (κ3) is 4.60. The lowest BCUT2D eigenvalue weighted by Crippen LogP contribution is -2.38. The Bertz CT molecular complexity index is 1150. The molecule has 10 heteroatoms. The van der Waals surface area contributed by atoms with Crippen LogP contribution < -0.4 is 5.32 Å². The summed E-state index contributed by atoms with van der Waals surface area (Å²) in [5.74, 6) is 0.466. The lowest BCUT2D eigenvalue weighted by molar-refractivity contribution is 0.418. The fraction of sp³-hybridized carbons (Fsp3) is 0.333. The van der Waals surface area contributed by atoms with Crippen LogP contribution in [0.3, 0.4) is 0 Å². The molecule has 0 bridgehead atoms. The molecule has 0 unspecified atom stereocenters. The molecule has 1 aromatic carbocycles. The van der Waals surface area contributed by atoms with Crippen LogP contribution in [0.5, 0.6) is 0 Å². The largest absolute Gasteiger partial charge is 0.366 e. The number of aromatic nitrogens is 3. The molecule has 1 fully saturated rings. The summed E-state index contributed by atoms with van der Waals surface area (Å²) in [4.78, 5) is 4.36. The van der Waals surface area contributed by atoms with Gasteiger partial charge < -0.3 is 5.32 Å². The minimum Gasteiger partial charge on any atom is -0.366 e. The monoisotopic (exact) mass is 444 g/mol. The van der Waals surface area contributed by atoms with Gasteiger partial charge in [0.15, 0.2) is 0 Å². The van der Waals surface area contributed by atoms with Gasteiger partial charge in [0.1, 0.15) is 11.6 Å². The number of rotatable bonds is 7. The van der Waals surface area contributed by atoms with Gasteiger partial charge in [0.05, 0.1) is 6.20 Å². The number of hydrogen-bond acceptors (Lipinski definition) is 5. The van der Waals surface area contributed by atoms with Crippen LogP contribution in [0.15, 0.2) is 48.8 Å². The molecule has 1 saturated heterocycles. The van der Waals surface area contributed by atoms with Gasteiger partial charge in [-0.3, -0.25) is 5.10 Å². The van der Waals surface area contributed by atoms with Crippen molar-refractivity contribution in [3.05, 3.63) is 65.9 Å². The Morgan fingerprint density at radius 3 is 2.77 bits per heavy atom. The van der Waals surface area contributed by atoms with Gasteiger partial charge in [-0.2, -0.15) is 22.1 Å². The molecule has 3 heterocycles. The second kappa shape index (κ2) is 8.74. The second-order valence-corrected chi connectivity index (χ2v) is 9.88. The molecule has 1 aliphatic heterocycles. The van der Waals surface area contributed by atoms with Crippen LogP contribution in [0.2, 0.25) is 0 Å². The van der Waals surface area contributed by atoms with E-state index in [4.69, 9.17) is 0 Å². The fourth-order valence-electron chi connectivity index (χ4n) is 3.73. The van der Waals surface area contributed by atoms with Gasteiger partial charge >= 0.3 is 0 Å². The summed E-state index contributed by atoms with van der Waals surface area (Å²) in [6.45, 7) is 1.41. The Hall–Kier alpha value is -2.82. The summed E-state index contributed by atoms with van der Waals surface area (Å²) < 4.78 is 40.7. The molecule has 3 aromatic rings. The Morgan fingerprint density at radius 1 is 1.26 bits per heavy atom. The van der Waals surface area contributed by atoms with E-state index in [2.05, 4.69) is 20.5 Å². The Balaban J connectivity index is 1.50. The zero-order chi connectivity index (χ0) is 22.0. The number of nitrogens with one attached hydrogen (secondary N) is 2. The topological polar surface area (TPSA) is 94.2 Å². The first-order valence-corrected chi connectivity index (χ1v) is 11.4. The fourth-order valence-corrected chi connectivity index (χ4v) is 4.90. The van der Waals surface area contributed by atoms with E-state index in [1.165, 1.54) is 20.7 Å². The van der Waals surface area contributed by atoms with E-state index in [1.807, 2.05) is 12.1 Å². The average Bonchev–Trinajstić information content (AvgIpc) is 3.43. The third-order valence-electron chi connectivity index (χ3n) is 5.47. The van der Waals surface area contributed by atoms with Crippen LogP contribution >= 0.6 is 0 Å². The normalized spacial score (nSPS) is 17.4. The second-order valence-electron chi connectivity index (χ2n) is 7.74. The van der Waals surface area contributed by atoms with E-state index in [0.29, 0.717) is 25.5 Å². The number of hydrogen-bond donors (Lipinski definition) is 2. The van der Waals surface area contributed by atoms with Crippen molar-refractivity contribution in [2.75, 3.05) is 32.5 Å². The molecule has 0 saturated carbocycles. The highest BCUT2D eigenvalue weighted by Gasteiger charge is 2.35. The predicted molar refractivity (Wildman–Crippen MR) is 117 cm³/mol. The summed E-state index contributed by atoms with van der Waals surface area (Å²) in [6, 6.07) is 10.2. The van der Waals surface area contributed by atoms with Crippen molar-refractivity contribution >= 4 is 16.0 Å². The van der Waals surface area contributed by atoms with Crippen molar-refractivity contribution in [3.8, 4) is 11.1 Å². The van der Waals surface area contributed by atoms with E-state index in [1.54, 1.807) is 38.6 Å². The molecule has 164 valence electrons. The Kier molecular flexibility index (Phi) is 6.03. The van der Waals surface area contributed by atoms with Gasteiger partial charge in [-0.05, 0) is 41.8 Å². The van der Waals surface area contributed by atoms with Crippen molar-refractivity contribution in [1.82, 2.24) is 23.8 Å². The molecular weight excluding hydrogens is 419 g/mol. The van der Waals surface area contributed by atoms with E-state index in [-0.39, 0.29) is 11.7 Å². The smallest absolute Gasteiger partial charge is 0.281 e. The van der Waals surface area contributed by atoms with Crippen LogP contribution in [-0.4, -0.2) is 59.4 Å².